The number of alkyl halides is 1. The van der Waals surface area contributed by atoms with E-state index in [1.165, 1.54) is 5.56 Å². The summed E-state index contributed by atoms with van der Waals surface area (Å²) in [4.78, 5) is 0.178. The van der Waals surface area contributed by atoms with Crippen molar-refractivity contribution in [2.24, 2.45) is 0 Å². The molecule has 19 heavy (non-hydrogen) atoms. The highest BCUT2D eigenvalue weighted by molar-refractivity contribution is 9.11. The molecule has 0 heterocycles. The third-order valence-corrected chi connectivity index (χ3v) is 4.66. The zero-order chi connectivity index (χ0) is 13.8. The minimum Gasteiger partial charge on any atom is -0.496 e. The average molecular weight is 405 g/mol. The first-order chi connectivity index (χ1) is 9.11. The predicted octanol–water partition coefficient (Wildman–Crippen LogP) is 5.79. The second kappa shape index (κ2) is 6.78. The zero-order valence-corrected chi connectivity index (χ0v) is 14.3. The van der Waals surface area contributed by atoms with Gasteiger partial charge < -0.3 is 4.74 Å². The van der Waals surface area contributed by atoms with Crippen LogP contribution in [-0.4, -0.2) is 7.11 Å². The number of para-hydroxylation sites is 1. The highest BCUT2D eigenvalue weighted by Crippen LogP contribution is 2.36. The van der Waals surface area contributed by atoms with Gasteiger partial charge in [0.05, 0.1) is 7.11 Å². The second-order valence-electron chi connectivity index (χ2n) is 4.15. The fraction of sp³-hybridized carbons (Fsp3) is 0.200. The summed E-state index contributed by atoms with van der Waals surface area (Å²) < 4.78 is 6.43. The van der Waals surface area contributed by atoms with Gasteiger partial charge in [-0.15, -0.1) is 0 Å². The van der Waals surface area contributed by atoms with Crippen molar-refractivity contribution in [3.8, 4) is 5.75 Å². The molecule has 0 fully saturated rings. The Hall–Kier alpha value is -0.510. The van der Waals surface area contributed by atoms with Gasteiger partial charge in [0, 0.05) is 14.3 Å². The summed E-state index contributed by atoms with van der Waals surface area (Å²) >= 11 is 13.3. The monoisotopic (exact) mass is 402 g/mol. The Morgan fingerprint density at radius 1 is 1.21 bits per heavy atom. The quantitative estimate of drug-likeness (QED) is 0.586. The number of methoxy groups -OCH3 is 1. The number of rotatable bonds is 4. The summed E-state index contributed by atoms with van der Waals surface area (Å²) in [6, 6.07) is 13.9. The first kappa shape index (κ1) is 14.9. The molecule has 0 saturated heterocycles. The molecule has 0 amide bonds. The first-order valence-electron chi connectivity index (χ1n) is 5.82. The maximum absolute atomic E-state index is 6.06. The molecule has 4 heteroatoms. The Morgan fingerprint density at radius 3 is 2.68 bits per heavy atom. The summed E-state index contributed by atoms with van der Waals surface area (Å²) in [5.74, 6) is 0.908. The molecule has 0 spiro atoms. The average Bonchev–Trinajstić information content (AvgIpc) is 2.42. The molecule has 0 aliphatic carbocycles. The Morgan fingerprint density at radius 2 is 1.95 bits per heavy atom. The van der Waals surface area contributed by atoms with Crippen LogP contribution in [0.15, 0.2) is 46.9 Å². The lowest BCUT2D eigenvalue weighted by atomic mass is 10.0. The lowest BCUT2D eigenvalue weighted by Crippen LogP contribution is -1.99. The minimum atomic E-state index is 0.178. The summed E-state index contributed by atoms with van der Waals surface area (Å²) in [5, 5.41) is 0.739. The standard InChI is InChI=1S/C15H13Br2ClO/c1-19-15-5-3-2-4-10(15)8-14(17)12-9-11(18)6-7-13(12)16/h2-7,9,14H,8H2,1H3. The fourth-order valence-electron chi connectivity index (χ4n) is 1.93. The van der Waals surface area contributed by atoms with Gasteiger partial charge in [0.25, 0.3) is 0 Å². The van der Waals surface area contributed by atoms with Crippen molar-refractivity contribution in [2.45, 2.75) is 11.2 Å². The van der Waals surface area contributed by atoms with E-state index in [4.69, 9.17) is 16.3 Å². The molecule has 100 valence electrons. The number of ether oxygens (including phenoxy) is 1. The van der Waals surface area contributed by atoms with E-state index in [9.17, 15) is 0 Å². The molecular weight excluding hydrogens is 391 g/mol. The number of hydrogen-bond donors (Lipinski definition) is 0. The Bertz CT molecular complexity index is 572. The van der Waals surface area contributed by atoms with Crippen LogP contribution in [-0.2, 0) is 6.42 Å². The van der Waals surface area contributed by atoms with Gasteiger partial charge in [0.15, 0.2) is 0 Å². The van der Waals surface area contributed by atoms with Gasteiger partial charge in [0.2, 0.25) is 0 Å². The van der Waals surface area contributed by atoms with Gasteiger partial charge in [-0.3, -0.25) is 0 Å². The van der Waals surface area contributed by atoms with Crippen molar-refractivity contribution >= 4 is 43.5 Å². The van der Waals surface area contributed by atoms with Gasteiger partial charge in [-0.2, -0.15) is 0 Å². The second-order valence-corrected chi connectivity index (χ2v) is 6.55. The normalized spacial score (nSPS) is 12.2. The smallest absolute Gasteiger partial charge is 0.122 e. The van der Waals surface area contributed by atoms with Crippen molar-refractivity contribution in [1.29, 1.82) is 0 Å². The summed E-state index contributed by atoms with van der Waals surface area (Å²) in [5.41, 5.74) is 2.30. The molecule has 0 aliphatic rings. The molecule has 0 saturated carbocycles. The van der Waals surface area contributed by atoms with Crippen molar-refractivity contribution in [2.75, 3.05) is 7.11 Å². The SMILES string of the molecule is COc1ccccc1CC(Br)c1cc(Cl)ccc1Br. The summed E-state index contributed by atoms with van der Waals surface area (Å²) in [6.45, 7) is 0. The van der Waals surface area contributed by atoms with Crippen LogP contribution in [0.3, 0.4) is 0 Å². The Kier molecular flexibility index (Phi) is 5.31. The van der Waals surface area contributed by atoms with E-state index < -0.39 is 0 Å². The maximum Gasteiger partial charge on any atom is 0.122 e. The number of halogens is 3. The van der Waals surface area contributed by atoms with Gasteiger partial charge in [-0.1, -0.05) is 61.7 Å². The van der Waals surface area contributed by atoms with Gasteiger partial charge in [-0.05, 0) is 41.8 Å². The van der Waals surface area contributed by atoms with Crippen LogP contribution in [0, 0.1) is 0 Å². The summed E-state index contributed by atoms with van der Waals surface area (Å²) in [6.07, 6.45) is 0.836. The van der Waals surface area contributed by atoms with Crippen molar-refractivity contribution in [3.63, 3.8) is 0 Å². The molecule has 0 aliphatic heterocycles. The van der Waals surface area contributed by atoms with E-state index in [0.29, 0.717) is 0 Å². The molecule has 0 aromatic heterocycles. The molecule has 0 N–H and O–H groups in total. The molecule has 0 radical (unpaired) electrons. The van der Waals surface area contributed by atoms with Gasteiger partial charge in [-0.25, -0.2) is 0 Å². The van der Waals surface area contributed by atoms with Crippen LogP contribution in [0.5, 0.6) is 5.75 Å². The van der Waals surface area contributed by atoms with Gasteiger partial charge >= 0.3 is 0 Å². The van der Waals surface area contributed by atoms with E-state index in [1.807, 2.05) is 36.4 Å². The number of hydrogen-bond acceptors (Lipinski definition) is 1. The topological polar surface area (TPSA) is 9.23 Å². The van der Waals surface area contributed by atoms with Gasteiger partial charge in [0.1, 0.15) is 5.75 Å². The van der Waals surface area contributed by atoms with Crippen LogP contribution in [0.1, 0.15) is 16.0 Å². The predicted molar refractivity (Wildman–Crippen MR) is 87.5 cm³/mol. The van der Waals surface area contributed by atoms with Crippen molar-refractivity contribution < 1.29 is 4.74 Å². The van der Waals surface area contributed by atoms with Crippen molar-refractivity contribution in [1.82, 2.24) is 0 Å². The van der Waals surface area contributed by atoms with E-state index in [-0.39, 0.29) is 4.83 Å². The third kappa shape index (κ3) is 3.74. The largest absolute Gasteiger partial charge is 0.496 e. The maximum atomic E-state index is 6.06. The molecule has 2 rings (SSSR count). The van der Waals surface area contributed by atoms with E-state index in [2.05, 4.69) is 37.9 Å². The lowest BCUT2D eigenvalue weighted by Gasteiger charge is -2.15. The Labute approximate surface area is 135 Å². The van der Waals surface area contributed by atoms with Crippen molar-refractivity contribution in [3.05, 3.63) is 63.1 Å². The lowest BCUT2D eigenvalue weighted by molar-refractivity contribution is 0.409. The highest BCUT2D eigenvalue weighted by atomic mass is 79.9. The molecule has 2 aromatic carbocycles. The van der Waals surface area contributed by atoms with Crippen LogP contribution in [0.25, 0.3) is 0 Å². The van der Waals surface area contributed by atoms with E-state index >= 15 is 0 Å². The molecule has 0 bridgehead atoms. The Balaban J connectivity index is 2.25. The molecule has 2 aromatic rings. The molecular formula is C15H13Br2ClO. The number of benzene rings is 2. The minimum absolute atomic E-state index is 0.178. The molecule has 1 nitrogen and oxygen atoms in total. The first-order valence-corrected chi connectivity index (χ1v) is 7.91. The third-order valence-electron chi connectivity index (χ3n) is 2.89. The van der Waals surface area contributed by atoms with Crippen LogP contribution < -0.4 is 4.74 Å². The van der Waals surface area contributed by atoms with Crippen LogP contribution in [0.4, 0.5) is 0 Å². The highest BCUT2D eigenvalue weighted by Gasteiger charge is 2.14. The summed E-state index contributed by atoms with van der Waals surface area (Å²) in [7, 11) is 1.69. The van der Waals surface area contributed by atoms with Crippen LogP contribution in [0.2, 0.25) is 5.02 Å². The van der Waals surface area contributed by atoms with E-state index in [0.717, 1.165) is 27.2 Å². The van der Waals surface area contributed by atoms with E-state index in [1.54, 1.807) is 7.11 Å². The fourth-order valence-corrected chi connectivity index (χ4v) is 3.67. The van der Waals surface area contributed by atoms with Crippen LogP contribution >= 0.6 is 43.5 Å². The molecule has 1 unspecified atom stereocenters. The molecule has 1 atom stereocenters. The zero-order valence-electron chi connectivity index (χ0n) is 10.4.